The molecule has 1 amide bonds. The van der Waals surface area contributed by atoms with E-state index in [-0.39, 0.29) is 5.92 Å². The van der Waals surface area contributed by atoms with Crippen molar-refractivity contribution < 1.29 is 4.79 Å². The number of nitrogens with one attached hydrogen (secondary N) is 1. The lowest BCUT2D eigenvalue weighted by Crippen LogP contribution is -2.48. The highest BCUT2D eigenvalue weighted by molar-refractivity contribution is 7.19. The van der Waals surface area contributed by atoms with Crippen molar-refractivity contribution in [2.45, 2.75) is 38.1 Å². The van der Waals surface area contributed by atoms with Crippen LogP contribution in [-0.4, -0.2) is 93.6 Å². The summed E-state index contributed by atoms with van der Waals surface area (Å²) in [5, 5.41) is 9.35. The number of fused-ring (bicyclic) bond motifs is 4. The molecule has 4 aromatic heterocycles. The number of aromatic nitrogens is 4. The highest BCUT2D eigenvalue weighted by atomic mass is 35.5. The van der Waals surface area contributed by atoms with E-state index in [2.05, 4.69) is 56.2 Å². The maximum absolute atomic E-state index is 13.5. The second-order valence-corrected chi connectivity index (χ2v) is 12.5. The first kappa shape index (κ1) is 26.4. The average Bonchev–Trinajstić information content (AvgIpc) is 3.58. The van der Waals surface area contributed by atoms with Gasteiger partial charge in [-0.1, -0.05) is 11.6 Å². The highest BCUT2D eigenvalue weighted by Gasteiger charge is 2.33. The number of rotatable bonds is 7. The van der Waals surface area contributed by atoms with Crippen molar-refractivity contribution in [3.8, 4) is 0 Å². The molecule has 39 heavy (non-hydrogen) atoms. The van der Waals surface area contributed by atoms with Crippen LogP contribution in [0.25, 0.3) is 15.7 Å². The van der Waals surface area contributed by atoms with Crippen molar-refractivity contribution in [1.29, 1.82) is 0 Å². The minimum absolute atomic E-state index is 0.0386. The Kier molecular flexibility index (Phi) is 7.45. The molecule has 5 heterocycles. The number of nitrogens with zero attached hydrogens (tertiary/aromatic N) is 7. The third-order valence-electron chi connectivity index (χ3n) is 8.26. The fraction of sp³-hybridized carbons (Fsp3) is 0.500. The summed E-state index contributed by atoms with van der Waals surface area (Å²) in [7, 11) is 6.44. The molecule has 0 radical (unpaired) electrons. The number of carbonyl (C=O) groups is 1. The van der Waals surface area contributed by atoms with Crippen LogP contribution in [-0.2, 0) is 17.6 Å². The number of thiophene rings is 1. The third kappa shape index (κ3) is 5.23. The Hall–Kier alpha value is -2.79. The number of aryl methyl sites for hydroxylation is 1. The lowest BCUT2D eigenvalue weighted by Gasteiger charge is -2.38. The molecule has 0 bridgehead atoms. The second kappa shape index (κ2) is 11.0. The normalized spacial score (nSPS) is 18.4. The van der Waals surface area contributed by atoms with Crippen molar-refractivity contribution >= 4 is 56.1 Å². The summed E-state index contributed by atoms with van der Waals surface area (Å²) in [5.74, 6) is 1.11. The van der Waals surface area contributed by atoms with Crippen LogP contribution < -0.4 is 5.32 Å². The van der Waals surface area contributed by atoms with E-state index in [1.165, 1.54) is 10.4 Å². The summed E-state index contributed by atoms with van der Waals surface area (Å²) in [4.78, 5) is 31.7. The van der Waals surface area contributed by atoms with Gasteiger partial charge in [0, 0.05) is 49.2 Å². The highest BCUT2D eigenvalue weighted by Crippen LogP contribution is 2.41. The lowest BCUT2D eigenvalue weighted by molar-refractivity contribution is -0.137. The molecule has 11 heteroatoms. The summed E-state index contributed by atoms with van der Waals surface area (Å²) >= 11 is 8.37. The largest absolute Gasteiger partial charge is 0.342 e. The quantitative estimate of drug-likeness (QED) is 0.357. The van der Waals surface area contributed by atoms with Gasteiger partial charge in [-0.05, 0) is 70.9 Å². The first-order chi connectivity index (χ1) is 18.9. The van der Waals surface area contributed by atoms with Gasteiger partial charge in [-0.3, -0.25) is 4.79 Å². The number of carbonyl (C=O) groups excluding carboxylic acids is 1. The monoisotopic (exact) mass is 566 g/mol. The van der Waals surface area contributed by atoms with Crippen molar-refractivity contribution in [2.24, 2.45) is 5.92 Å². The first-order valence-electron chi connectivity index (χ1n) is 13.7. The number of hydrogen-bond acceptors (Lipinski definition) is 8. The lowest BCUT2D eigenvalue weighted by atomic mass is 9.86. The van der Waals surface area contributed by atoms with Gasteiger partial charge in [-0.25, -0.2) is 14.5 Å². The smallest absolute Gasteiger partial charge is 0.226 e. The van der Waals surface area contributed by atoms with Crippen LogP contribution in [0.5, 0.6) is 0 Å². The Balaban J connectivity index is 1.15. The molecule has 4 aromatic rings. The van der Waals surface area contributed by atoms with E-state index in [9.17, 15) is 4.79 Å². The van der Waals surface area contributed by atoms with Crippen LogP contribution in [0.15, 0.2) is 30.9 Å². The number of hydrogen-bond donors (Lipinski definition) is 1. The SMILES string of the molecule is CN(C)CCN(C)C1CCN(C(=O)[C@H]2CCc3c(sc4ncnc(Nc5ccn6nccc6c5Cl)c34)C2)CC1. The molecule has 6 rings (SSSR count). The van der Waals surface area contributed by atoms with E-state index in [0.717, 1.165) is 85.5 Å². The summed E-state index contributed by atoms with van der Waals surface area (Å²) in [6.45, 7) is 3.83. The van der Waals surface area contributed by atoms with Crippen LogP contribution in [0.3, 0.4) is 0 Å². The van der Waals surface area contributed by atoms with Crippen molar-refractivity contribution in [1.82, 2.24) is 34.3 Å². The van der Waals surface area contributed by atoms with Crippen LogP contribution in [0.4, 0.5) is 11.5 Å². The van der Waals surface area contributed by atoms with E-state index < -0.39 is 0 Å². The van der Waals surface area contributed by atoms with Gasteiger partial charge in [-0.2, -0.15) is 5.10 Å². The van der Waals surface area contributed by atoms with Gasteiger partial charge in [-0.15, -0.1) is 11.3 Å². The minimum atomic E-state index is 0.0386. The number of anilines is 2. The molecule has 1 fully saturated rings. The standard InChI is InChI=1S/C28H35ClN8OS/c1-34(2)14-15-35(3)19-7-11-36(12-8-19)28(38)18-4-5-20-23(16-18)39-27-24(20)26(30-17-31-27)33-21-9-13-37-22(25(21)29)6-10-32-37/h6,9-10,13,17-19H,4-5,7-8,11-12,14-16H2,1-3H3,(H,30,31,33)/t18-/m0/s1. The molecule has 0 unspecified atom stereocenters. The van der Waals surface area contributed by atoms with Gasteiger partial charge in [0.2, 0.25) is 5.91 Å². The minimum Gasteiger partial charge on any atom is -0.342 e. The second-order valence-electron chi connectivity index (χ2n) is 11.0. The van der Waals surface area contributed by atoms with E-state index in [4.69, 9.17) is 11.6 Å². The number of likely N-dealkylation sites (tertiary alicyclic amines) is 1. The van der Waals surface area contributed by atoms with Crippen LogP contribution >= 0.6 is 22.9 Å². The molecule has 206 valence electrons. The summed E-state index contributed by atoms with van der Waals surface area (Å²) in [6.07, 6.45) is 9.80. The average molecular weight is 567 g/mol. The Morgan fingerprint density at radius 3 is 2.77 bits per heavy atom. The predicted molar refractivity (Wildman–Crippen MR) is 157 cm³/mol. The molecular weight excluding hydrogens is 532 g/mol. The van der Waals surface area contributed by atoms with Crippen LogP contribution in [0.1, 0.15) is 29.7 Å². The maximum atomic E-state index is 13.5. The number of pyridine rings is 1. The number of piperidine rings is 1. The van der Waals surface area contributed by atoms with E-state index >= 15 is 0 Å². The number of amides is 1. The van der Waals surface area contributed by atoms with Crippen LogP contribution in [0, 0.1) is 5.92 Å². The topological polar surface area (TPSA) is 81.9 Å². The van der Waals surface area contributed by atoms with E-state index in [1.807, 2.05) is 18.3 Å². The Morgan fingerprint density at radius 2 is 1.97 bits per heavy atom. The molecular formula is C28H35ClN8OS. The molecule has 1 aliphatic heterocycles. The Morgan fingerprint density at radius 1 is 1.15 bits per heavy atom. The van der Waals surface area contributed by atoms with E-state index in [1.54, 1.807) is 28.4 Å². The molecule has 1 aliphatic carbocycles. The molecule has 0 aromatic carbocycles. The number of likely N-dealkylation sites (N-methyl/N-ethyl adjacent to an activating group) is 2. The van der Waals surface area contributed by atoms with Gasteiger partial charge < -0.3 is 20.0 Å². The first-order valence-corrected chi connectivity index (χ1v) is 14.9. The zero-order chi connectivity index (χ0) is 27.1. The van der Waals surface area contributed by atoms with Crippen molar-refractivity contribution in [2.75, 3.05) is 52.6 Å². The molecule has 1 N–H and O–H groups in total. The van der Waals surface area contributed by atoms with Gasteiger partial charge >= 0.3 is 0 Å². The van der Waals surface area contributed by atoms with Crippen molar-refractivity contribution in [3.63, 3.8) is 0 Å². The van der Waals surface area contributed by atoms with Gasteiger partial charge in [0.25, 0.3) is 0 Å². The predicted octanol–water partition coefficient (Wildman–Crippen LogP) is 4.33. The molecule has 0 spiro atoms. The molecule has 1 atom stereocenters. The molecule has 2 aliphatic rings. The maximum Gasteiger partial charge on any atom is 0.226 e. The number of halogens is 1. The van der Waals surface area contributed by atoms with Gasteiger partial charge in [0.05, 0.1) is 27.8 Å². The summed E-state index contributed by atoms with van der Waals surface area (Å²) < 4.78 is 1.75. The zero-order valence-electron chi connectivity index (χ0n) is 22.7. The fourth-order valence-corrected chi connectivity index (χ4v) is 7.46. The van der Waals surface area contributed by atoms with Crippen LogP contribution in [0.2, 0.25) is 5.02 Å². The van der Waals surface area contributed by atoms with Crippen molar-refractivity contribution in [3.05, 3.63) is 46.3 Å². The molecule has 0 saturated carbocycles. The zero-order valence-corrected chi connectivity index (χ0v) is 24.3. The van der Waals surface area contributed by atoms with Gasteiger partial charge in [0.15, 0.2) is 0 Å². The molecule has 1 saturated heterocycles. The summed E-state index contributed by atoms with van der Waals surface area (Å²) in [5.41, 5.74) is 2.89. The fourth-order valence-electron chi connectivity index (χ4n) is 5.93. The van der Waals surface area contributed by atoms with Gasteiger partial charge in [0.1, 0.15) is 17.0 Å². The third-order valence-corrected chi connectivity index (χ3v) is 9.82. The summed E-state index contributed by atoms with van der Waals surface area (Å²) in [6, 6.07) is 4.35. The Bertz CT molecular complexity index is 1490. The van der Waals surface area contributed by atoms with E-state index in [0.29, 0.717) is 17.0 Å². The molecule has 9 nitrogen and oxygen atoms in total. The Labute approximate surface area is 237 Å².